The molecule has 0 unspecified atom stereocenters. The van der Waals surface area contributed by atoms with Crippen molar-refractivity contribution >= 4 is 22.3 Å². The maximum absolute atomic E-state index is 8.74. The molecule has 0 rings (SSSR count). The summed E-state index contributed by atoms with van der Waals surface area (Å²) in [6.07, 6.45) is 1.81. The number of unbranched alkanes of at least 4 members (excludes halogenated alkanes) is 1. The number of nitrogens with two attached hydrogens (primary N) is 2. The van der Waals surface area contributed by atoms with Crippen LogP contribution in [-0.2, 0) is 10.4 Å². The number of hydrogen-bond acceptors (Lipinski definition) is 4. The van der Waals surface area contributed by atoms with Crippen molar-refractivity contribution in [2.45, 2.75) is 12.8 Å². The van der Waals surface area contributed by atoms with Gasteiger partial charge in [0.1, 0.15) is 0 Å². The molecule has 0 aliphatic carbocycles. The summed E-state index contributed by atoms with van der Waals surface area (Å²) in [5, 5.41) is 19.0. The second-order valence-electron chi connectivity index (χ2n) is 2.84. The van der Waals surface area contributed by atoms with E-state index in [9.17, 15) is 0 Å². The number of guanidine groups is 2. The number of nitrogens with one attached hydrogen (secondary N) is 4. The molecule has 102 valence electrons. The van der Waals surface area contributed by atoms with Crippen LogP contribution in [0.1, 0.15) is 12.8 Å². The van der Waals surface area contributed by atoms with Crippen molar-refractivity contribution in [2.75, 3.05) is 13.1 Å². The van der Waals surface area contributed by atoms with Gasteiger partial charge >= 0.3 is 10.4 Å². The SMILES string of the molecule is N=C(N)NCCCCNC(=N)N.O=S(=O)(O)O. The minimum atomic E-state index is -4.67. The molecule has 0 saturated heterocycles. The molecular weight excluding hydrogens is 252 g/mol. The first-order valence-electron chi connectivity index (χ1n) is 4.48. The molecule has 0 atom stereocenters. The molecule has 10 N–H and O–H groups in total. The monoisotopic (exact) mass is 270 g/mol. The molecule has 0 fully saturated rings. The van der Waals surface area contributed by atoms with E-state index in [1.54, 1.807) is 0 Å². The van der Waals surface area contributed by atoms with Gasteiger partial charge in [-0.25, -0.2) is 0 Å². The van der Waals surface area contributed by atoms with E-state index in [1.165, 1.54) is 0 Å². The fraction of sp³-hybridized carbons (Fsp3) is 0.667. The molecule has 0 aromatic rings. The van der Waals surface area contributed by atoms with E-state index in [2.05, 4.69) is 10.6 Å². The normalized spacial score (nSPS) is 9.76. The summed E-state index contributed by atoms with van der Waals surface area (Å²) < 4.78 is 31.6. The molecule has 0 bridgehead atoms. The molecular formula is C6H18N6O4S. The molecule has 0 aromatic carbocycles. The predicted molar refractivity (Wildman–Crippen MR) is 63.2 cm³/mol. The van der Waals surface area contributed by atoms with Gasteiger partial charge in [-0.15, -0.1) is 0 Å². The highest BCUT2D eigenvalue weighted by Crippen LogP contribution is 1.82. The van der Waals surface area contributed by atoms with Crippen LogP contribution in [0.4, 0.5) is 0 Å². The van der Waals surface area contributed by atoms with Gasteiger partial charge in [-0.3, -0.25) is 19.9 Å². The Morgan fingerprint density at radius 1 is 1.00 bits per heavy atom. The van der Waals surface area contributed by atoms with E-state index in [4.69, 9.17) is 39.8 Å². The highest BCUT2D eigenvalue weighted by atomic mass is 32.3. The minimum Gasteiger partial charge on any atom is -0.370 e. The number of hydrogen-bond donors (Lipinski definition) is 8. The molecule has 11 heteroatoms. The summed E-state index contributed by atoms with van der Waals surface area (Å²) in [6.45, 7) is 1.38. The van der Waals surface area contributed by atoms with Crippen LogP contribution in [0, 0.1) is 10.8 Å². The Morgan fingerprint density at radius 2 is 1.24 bits per heavy atom. The Kier molecular flexibility index (Phi) is 10.1. The molecule has 0 spiro atoms. The highest BCUT2D eigenvalue weighted by molar-refractivity contribution is 7.79. The highest BCUT2D eigenvalue weighted by Gasteiger charge is 1.90. The zero-order valence-corrected chi connectivity index (χ0v) is 9.92. The van der Waals surface area contributed by atoms with Gasteiger partial charge in [0.15, 0.2) is 11.9 Å². The summed E-state index contributed by atoms with van der Waals surface area (Å²) in [5.74, 6) is -0.0101. The summed E-state index contributed by atoms with van der Waals surface area (Å²) in [4.78, 5) is 0. The average molecular weight is 270 g/mol. The molecule has 0 aromatic heterocycles. The average Bonchev–Trinajstić information content (AvgIpc) is 2.07. The van der Waals surface area contributed by atoms with Crippen molar-refractivity contribution in [3.63, 3.8) is 0 Å². The first kappa shape index (κ1) is 17.8. The van der Waals surface area contributed by atoms with E-state index in [0.717, 1.165) is 12.8 Å². The predicted octanol–water partition coefficient (Wildman–Crippen LogP) is -1.92. The lowest BCUT2D eigenvalue weighted by atomic mass is 10.3. The third-order valence-electron chi connectivity index (χ3n) is 1.23. The molecule has 0 aliphatic heterocycles. The van der Waals surface area contributed by atoms with Gasteiger partial charge in [0.2, 0.25) is 0 Å². The standard InChI is InChI=1S/C6H16N6.H2O4S/c7-5(8)11-3-1-2-4-12-6(9)10;1-5(2,3)4/h1-4H2,(H4,7,8,11)(H4,9,10,12);(H2,1,2,3,4). The van der Waals surface area contributed by atoms with Gasteiger partial charge in [-0.2, -0.15) is 8.42 Å². The Hall–Kier alpha value is -1.59. The molecule has 0 saturated carbocycles. The smallest absolute Gasteiger partial charge is 0.370 e. The third-order valence-corrected chi connectivity index (χ3v) is 1.23. The Labute approximate surface area is 99.4 Å². The fourth-order valence-corrected chi connectivity index (χ4v) is 0.696. The van der Waals surface area contributed by atoms with Crippen molar-refractivity contribution in [2.24, 2.45) is 11.5 Å². The number of rotatable bonds is 5. The van der Waals surface area contributed by atoms with E-state index in [0.29, 0.717) is 13.1 Å². The zero-order valence-electron chi connectivity index (χ0n) is 9.10. The summed E-state index contributed by atoms with van der Waals surface area (Å²) in [7, 11) is -4.67. The van der Waals surface area contributed by atoms with Crippen LogP contribution in [0.2, 0.25) is 0 Å². The Balaban J connectivity index is 0. The van der Waals surface area contributed by atoms with Crippen LogP contribution in [0.3, 0.4) is 0 Å². The maximum atomic E-state index is 8.74. The van der Waals surface area contributed by atoms with Crippen molar-refractivity contribution in [1.29, 1.82) is 10.8 Å². The molecule has 0 aliphatic rings. The third kappa shape index (κ3) is 40.4. The second kappa shape index (κ2) is 9.62. The first-order chi connectivity index (χ1) is 7.63. The van der Waals surface area contributed by atoms with Crippen molar-refractivity contribution in [3.05, 3.63) is 0 Å². The Bertz CT molecular complexity index is 303. The lowest BCUT2D eigenvalue weighted by molar-refractivity contribution is 0.381. The van der Waals surface area contributed by atoms with Crippen LogP contribution in [0.25, 0.3) is 0 Å². The lowest BCUT2D eigenvalue weighted by Gasteiger charge is -2.04. The van der Waals surface area contributed by atoms with Gasteiger partial charge in [-0.05, 0) is 12.8 Å². The van der Waals surface area contributed by atoms with Crippen LogP contribution in [0.5, 0.6) is 0 Å². The largest absolute Gasteiger partial charge is 0.394 e. The maximum Gasteiger partial charge on any atom is 0.394 e. The molecule has 0 heterocycles. The molecule has 0 radical (unpaired) electrons. The lowest BCUT2D eigenvalue weighted by Crippen LogP contribution is -2.33. The van der Waals surface area contributed by atoms with Gasteiger partial charge in [0.05, 0.1) is 0 Å². The van der Waals surface area contributed by atoms with Crippen LogP contribution in [-0.4, -0.2) is 42.5 Å². The van der Waals surface area contributed by atoms with Gasteiger partial charge < -0.3 is 22.1 Å². The Morgan fingerprint density at radius 3 is 1.41 bits per heavy atom. The van der Waals surface area contributed by atoms with Gasteiger partial charge in [0.25, 0.3) is 0 Å². The van der Waals surface area contributed by atoms with Crippen LogP contribution < -0.4 is 22.1 Å². The minimum absolute atomic E-state index is 0.00507. The van der Waals surface area contributed by atoms with E-state index < -0.39 is 10.4 Å². The molecule has 17 heavy (non-hydrogen) atoms. The summed E-state index contributed by atoms with van der Waals surface area (Å²) in [6, 6.07) is 0. The first-order valence-corrected chi connectivity index (χ1v) is 5.88. The van der Waals surface area contributed by atoms with Crippen LogP contribution in [0.15, 0.2) is 0 Å². The topological polar surface area (TPSA) is 198 Å². The van der Waals surface area contributed by atoms with Crippen LogP contribution >= 0.6 is 0 Å². The van der Waals surface area contributed by atoms with Crippen molar-refractivity contribution in [1.82, 2.24) is 10.6 Å². The van der Waals surface area contributed by atoms with Gasteiger partial charge in [0, 0.05) is 13.1 Å². The zero-order chi connectivity index (χ0) is 13.9. The second-order valence-corrected chi connectivity index (χ2v) is 3.73. The van der Waals surface area contributed by atoms with E-state index >= 15 is 0 Å². The van der Waals surface area contributed by atoms with Crippen molar-refractivity contribution < 1.29 is 17.5 Å². The van der Waals surface area contributed by atoms with E-state index in [1.807, 2.05) is 0 Å². The van der Waals surface area contributed by atoms with E-state index in [-0.39, 0.29) is 11.9 Å². The molecule has 0 amide bonds. The van der Waals surface area contributed by atoms with Crippen molar-refractivity contribution in [3.8, 4) is 0 Å². The summed E-state index contributed by atoms with van der Waals surface area (Å²) >= 11 is 0. The fourth-order valence-electron chi connectivity index (χ4n) is 0.696. The summed E-state index contributed by atoms with van der Waals surface area (Å²) in [5.41, 5.74) is 10.1. The molecule has 10 nitrogen and oxygen atoms in total. The quantitative estimate of drug-likeness (QED) is 0.122. The van der Waals surface area contributed by atoms with Gasteiger partial charge in [-0.1, -0.05) is 0 Å².